The van der Waals surface area contributed by atoms with Crippen molar-refractivity contribution in [2.45, 2.75) is 108 Å². The number of hydrogen-bond donors (Lipinski definition) is 2. The molecule has 0 spiro atoms. The summed E-state index contributed by atoms with van der Waals surface area (Å²) in [4.78, 5) is 29.1. The molecule has 0 bridgehead atoms. The van der Waals surface area contributed by atoms with Crippen molar-refractivity contribution in [1.82, 2.24) is 5.32 Å². The van der Waals surface area contributed by atoms with Crippen LogP contribution in [0.1, 0.15) is 91.4 Å². The Hall–Kier alpha value is -1.50. The molecule has 0 aliphatic heterocycles. The molecule has 1 amide bonds. The minimum atomic E-state index is -1.00. The maximum atomic E-state index is 13.2. The first-order valence-corrected chi connectivity index (χ1v) is 14.3. The van der Waals surface area contributed by atoms with Gasteiger partial charge in [-0.05, 0) is 32.4 Å². The van der Waals surface area contributed by atoms with Crippen molar-refractivity contribution < 1.29 is 14.7 Å². The highest BCUT2D eigenvalue weighted by Gasteiger charge is 2.46. The number of hydrogen-bond acceptors (Lipinski definition) is 6. The second kappa shape index (κ2) is 18.7. The highest BCUT2D eigenvalue weighted by atomic mass is 32.2. The van der Waals surface area contributed by atoms with E-state index in [1.807, 2.05) is 0 Å². The van der Waals surface area contributed by atoms with Crippen LogP contribution in [0, 0.1) is 31.3 Å². The van der Waals surface area contributed by atoms with Crippen LogP contribution in [0.3, 0.4) is 0 Å². The Morgan fingerprint density at radius 1 is 1.11 bits per heavy atom. The van der Waals surface area contributed by atoms with E-state index in [1.54, 1.807) is 32.5 Å². The van der Waals surface area contributed by atoms with Gasteiger partial charge >= 0.3 is 0 Å². The van der Waals surface area contributed by atoms with Gasteiger partial charge in [0.05, 0.1) is 6.10 Å². The molecule has 0 aromatic carbocycles. The summed E-state index contributed by atoms with van der Waals surface area (Å²) in [5.74, 6) is 5.75. The number of Topliss-reactive ketones (excluding diaryl/α,β-unsaturated/α-hetero) is 1. The number of rotatable bonds is 18. The van der Waals surface area contributed by atoms with E-state index in [1.165, 1.54) is 11.8 Å². The molecule has 0 radical (unpaired) electrons. The van der Waals surface area contributed by atoms with Crippen LogP contribution in [0.2, 0.25) is 0 Å². The molecule has 0 fully saturated rings. The van der Waals surface area contributed by atoms with Crippen molar-refractivity contribution in [3.05, 3.63) is 11.4 Å². The molecule has 0 saturated heterocycles. The third-order valence-electron chi connectivity index (χ3n) is 5.51. The van der Waals surface area contributed by atoms with E-state index in [-0.39, 0.29) is 31.1 Å². The highest BCUT2D eigenvalue weighted by molar-refractivity contribution is 8.47. The number of carbonyl (C=O) groups excluding carboxylic acids is 2. The molecule has 5 nitrogen and oxygen atoms in total. The lowest BCUT2D eigenvalue weighted by molar-refractivity contribution is -0.123. The average molecular weight is 537 g/mol. The van der Waals surface area contributed by atoms with E-state index in [0.717, 1.165) is 44.3 Å². The lowest BCUT2D eigenvalue weighted by Crippen LogP contribution is -2.48. The third-order valence-corrected chi connectivity index (χ3v) is 8.39. The van der Waals surface area contributed by atoms with Gasteiger partial charge in [-0.25, -0.2) is 6.57 Å². The van der Waals surface area contributed by atoms with Crippen molar-refractivity contribution in [3.8, 4) is 24.7 Å². The Bertz CT molecular complexity index is 810. The number of aliphatic hydroxyl groups is 1. The number of terminal acetylenes is 2. The molecule has 0 aliphatic carbocycles. The lowest BCUT2D eigenvalue weighted by Gasteiger charge is -2.32. The Labute approximate surface area is 226 Å². The zero-order valence-corrected chi connectivity index (χ0v) is 23.8. The van der Waals surface area contributed by atoms with Gasteiger partial charge in [0.2, 0.25) is 11.4 Å². The van der Waals surface area contributed by atoms with Crippen LogP contribution in [-0.4, -0.2) is 49.0 Å². The van der Waals surface area contributed by atoms with Crippen LogP contribution in [0.25, 0.3) is 4.85 Å². The molecule has 3 unspecified atom stereocenters. The summed E-state index contributed by atoms with van der Waals surface area (Å²) in [6.07, 6.45) is 17.7. The zero-order valence-electron chi connectivity index (χ0n) is 21.4. The van der Waals surface area contributed by atoms with E-state index in [2.05, 4.69) is 22.0 Å². The molecule has 0 heterocycles. The molecule has 8 heteroatoms. The van der Waals surface area contributed by atoms with Crippen molar-refractivity contribution in [3.63, 3.8) is 0 Å². The second-order valence-electron chi connectivity index (χ2n) is 9.24. The quantitative estimate of drug-likeness (QED) is 0.0999. The van der Waals surface area contributed by atoms with Gasteiger partial charge in [0, 0.05) is 52.0 Å². The van der Waals surface area contributed by atoms with Crippen LogP contribution in [-0.2, 0) is 9.59 Å². The first-order valence-electron chi connectivity index (χ1n) is 12.1. The van der Waals surface area contributed by atoms with E-state index in [4.69, 9.17) is 31.6 Å². The molecular formula is C27H40N2O3S3. The molecule has 0 aromatic rings. The normalized spacial score (nSPS) is 14.9. The Balaban J connectivity index is 5.10. The molecule has 35 heavy (non-hydrogen) atoms. The number of carbonyl (C=O) groups is 2. The topological polar surface area (TPSA) is 70.8 Å². The van der Waals surface area contributed by atoms with E-state index >= 15 is 0 Å². The van der Waals surface area contributed by atoms with Gasteiger partial charge in [0.1, 0.15) is 14.1 Å². The van der Waals surface area contributed by atoms with Gasteiger partial charge in [0.15, 0.2) is 0 Å². The molecular weight excluding hydrogens is 497 g/mol. The standard InChI is InChI=1S/C27H40N2O3S3/c1-7-9-11-12-13-14-15-19-34-25(33)35-27(5,24(32)29-20-22(3)30)21-26(4,28-6)18-17-23(31)16-10-8-2/h1-2,22,30H,9-21H2,3-5H3,(H,29,32). The number of ketones is 1. The van der Waals surface area contributed by atoms with Gasteiger partial charge in [-0.3, -0.25) is 9.59 Å². The minimum Gasteiger partial charge on any atom is -0.392 e. The molecule has 194 valence electrons. The molecule has 0 aromatic heterocycles. The predicted octanol–water partition coefficient (Wildman–Crippen LogP) is 5.80. The number of thiocarbonyl (C=S) groups is 1. The second-order valence-corrected chi connectivity index (χ2v) is 13.0. The van der Waals surface area contributed by atoms with Gasteiger partial charge in [-0.2, -0.15) is 0 Å². The number of unbranched alkanes of at least 4 members (excludes halogenated alkanes) is 5. The van der Waals surface area contributed by atoms with Crippen molar-refractivity contribution >= 4 is 51.0 Å². The summed E-state index contributed by atoms with van der Waals surface area (Å²) in [5, 5.41) is 12.4. The minimum absolute atomic E-state index is 0.0242. The lowest BCUT2D eigenvalue weighted by atomic mass is 9.84. The van der Waals surface area contributed by atoms with Crippen LogP contribution in [0.5, 0.6) is 0 Å². The number of aliphatic hydroxyl groups excluding tert-OH is 1. The first kappa shape index (κ1) is 33.5. The maximum Gasteiger partial charge on any atom is 0.236 e. The summed E-state index contributed by atoms with van der Waals surface area (Å²) in [6.45, 7) is 13.1. The molecule has 3 atom stereocenters. The van der Waals surface area contributed by atoms with Gasteiger partial charge in [0.25, 0.3) is 0 Å². The first-order chi connectivity index (χ1) is 16.5. The maximum absolute atomic E-state index is 13.2. The van der Waals surface area contributed by atoms with Gasteiger partial charge in [-0.1, -0.05) is 43.2 Å². The van der Waals surface area contributed by atoms with Gasteiger partial charge in [-0.15, -0.1) is 36.4 Å². The number of amides is 1. The number of thioether (sulfide) groups is 2. The van der Waals surface area contributed by atoms with Crippen LogP contribution >= 0.6 is 35.7 Å². The summed E-state index contributed by atoms with van der Waals surface area (Å²) in [6, 6.07) is 0. The Morgan fingerprint density at radius 3 is 2.34 bits per heavy atom. The fourth-order valence-corrected chi connectivity index (χ4v) is 6.74. The highest BCUT2D eigenvalue weighted by Crippen LogP contribution is 2.41. The molecule has 0 aliphatic rings. The monoisotopic (exact) mass is 536 g/mol. The molecule has 0 saturated carbocycles. The largest absolute Gasteiger partial charge is 0.392 e. The third kappa shape index (κ3) is 16.0. The Kier molecular flexibility index (Phi) is 17.9. The Morgan fingerprint density at radius 2 is 1.74 bits per heavy atom. The summed E-state index contributed by atoms with van der Waals surface area (Å²) in [5.41, 5.74) is -0.908. The average Bonchev–Trinajstić information content (AvgIpc) is 2.81. The number of nitrogens with one attached hydrogen (secondary N) is 1. The van der Waals surface area contributed by atoms with E-state index < -0.39 is 16.4 Å². The zero-order chi connectivity index (χ0) is 26.7. The van der Waals surface area contributed by atoms with Crippen molar-refractivity contribution in [2.75, 3.05) is 12.3 Å². The van der Waals surface area contributed by atoms with Gasteiger partial charge < -0.3 is 15.3 Å². The fraction of sp³-hybridized carbons (Fsp3) is 0.704. The summed E-state index contributed by atoms with van der Waals surface area (Å²) >= 11 is 8.45. The van der Waals surface area contributed by atoms with Crippen molar-refractivity contribution in [2.24, 2.45) is 0 Å². The fourth-order valence-electron chi connectivity index (χ4n) is 3.47. The van der Waals surface area contributed by atoms with Crippen LogP contribution in [0.15, 0.2) is 0 Å². The van der Waals surface area contributed by atoms with E-state index in [9.17, 15) is 14.7 Å². The number of nitrogens with zero attached hydrogens (tertiary/aromatic N) is 1. The van der Waals surface area contributed by atoms with E-state index in [0.29, 0.717) is 22.8 Å². The molecule has 2 N–H and O–H groups in total. The van der Waals surface area contributed by atoms with Crippen LogP contribution < -0.4 is 5.32 Å². The van der Waals surface area contributed by atoms with Crippen LogP contribution in [0.4, 0.5) is 0 Å². The molecule has 0 rings (SSSR count). The summed E-state index contributed by atoms with van der Waals surface area (Å²) in [7, 11) is 0. The predicted molar refractivity (Wildman–Crippen MR) is 154 cm³/mol. The summed E-state index contributed by atoms with van der Waals surface area (Å²) < 4.78 is -0.348. The smallest absolute Gasteiger partial charge is 0.236 e. The SMILES string of the molecule is [C-]#[N+]C(C)(CCC(=O)CCC#C)CC(C)(SC(=S)SCCCCCCCC#C)C(=O)NCC(C)O. The van der Waals surface area contributed by atoms with Crippen molar-refractivity contribution in [1.29, 1.82) is 0 Å².